The molecule has 0 aliphatic rings. The first-order valence-corrected chi connectivity index (χ1v) is 9.04. The summed E-state index contributed by atoms with van der Waals surface area (Å²) in [4.78, 5) is 0. The average Bonchev–Trinajstić information content (AvgIpc) is 3.26. The first-order valence-electron chi connectivity index (χ1n) is 7.89. The maximum atomic E-state index is 2.83. The van der Waals surface area contributed by atoms with E-state index in [1.165, 1.54) is 32.9 Å². The van der Waals surface area contributed by atoms with Crippen molar-refractivity contribution in [2.75, 3.05) is 0 Å². The molecule has 4 rings (SSSR count). The smallest absolute Gasteiger partial charge is 0.213 e. The summed E-state index contributed by atoms with van der Waals surface area (Å²) in [5.74, 6) is 0. The van der Waals surface area contributed by atoms with Crippen molar-refractivity contribution in [3.8, 4) is 22.3 Å². The summed E-state index contributed by atoms with van der Waals surface area (Å²) in [6, 6.07) is 33.6. The Morgan fingerprint density at radius 1 is 0.720 bits per heavy atom. The summed E-state index contributed by atoms with van der Waals surface area (Å²) >= 11 is 0. The Bertz CT molecular complexity index is 863. The van der Waals surface area contributed by atoms with Crippen molar-refractivity contribution in [1.82, 2.24) is 0 Å². The molecule has 0 heterocycles. The van der Waals surface area contributed by atoms with E-state index in [0.717, 1.165) is 0 Å². The summed E-state index contributed by atoms with van der Waals surface area (Å²) in [5.41, 5.74) is 5.15. The third-order valence-electron chi connectivity index (χ3n) is 3.82. The normalized spacial score (nSPS) is 9.68. The number of benzene rings is 2. The van der Waals surface area contributed by atoms with Gasteiger partial charge in [0.2, 0.25) is 0 Å². The molecule has 0 amide bonds. The number of hydrogen-bond donors (Lipinski definition) is 0. The van der Waals surface area contributed by atoms with Gasteiger partial charge in [-0.3, -0.25) is 0 Å². The largest absolute Gasteiger partial charge is 2.00 e. The van der Waals surface area contributed by atoms with Gasteiger partial charge < -0.3 is 0 Å². The van der Waals surface area contributed by atoms with E-state index in [1.807, 2.05) is 24.3 Å². The molecule has 0 N–H and O–H groups in total. The van der Waals surface area contributed by atoms with Crippen LogP contribution < -0.4 is 10.6 Å². The molecule has 0 nitrogen and oxygen atoms in total. The fourth-order valence-electron chi connectivity index (χ4n) is 2.67. The SMILES string of the molecule is P[c-]1ccc(-c2ccccc2)c1-c1ccccc1.Pc1ccc[cH-]1.[Fe+2]. The van der Waals surface area contributed by atoms with Crippen LogP contribution in [0.25, 0.3) is 22.3 Å². The van der Waals surface area contributed by atoms with Crippen LogP contribution in [0.1, 0.15) is 0 Å². The van der Waals surface area contributed by atoms with Gasteiger partial charge in [-0.25, -0.2) is 12.1 Å². The molecule has 0 fully saturated rings. The molecule has 0 aliphatic heterocycles. The predicted octanol–water partition coefficient (Wildman–Crippen LogP) is 5.14. The number of rotatable bonds is 2. The Kier molecular flexibility index (Phi) is 7.83. The first kappa shape index (κ1) is 19.8. The zero-order chi connectivity index (χ0) is 16.8. The molecule has 126 valence electrons. The molecule has 0 spiro atoms. The molecule has 0 bridgehead atoms. The third kappa shape index (κ3) is 5.24. The molecule has 0 saturated carbocycles. The van der Waals surface area contributed by atoms with Crippen molar-refractivity contribution in [3.63, 3.8) is 0 Å². The van der Waals surface area contributed by atoms with E-state index < -0.39 is 0 Å². The molecule has 4 aromatic rings. The Labute approximate surface area is 165 Å². The Balaban J connectivity index is 0.000000275. The van der Waals surface area contributed by atoms with Crippen LogP contribution in [0.3, 0.4) is 0 Å². The van der Waals surface area contributed by atoms with E-state index in [0.29, 0.717) is 0 Å². The molecule has 3 heteroatoms. The molecular weight excluding hydrogens is 382 g/mol. The van der Waals surface area contributed by atoms with Crippen molar-refractivity contribution < 1.29 is 17.1 Å². The average molecular weight is 402 g/mol. The predicted molar refractivity (Wildman–Crippen MR) is 114 cm³/mol. The van der Waals surface area contributed by atoms with Crippen LogP contribution in [0.15, 0.2) is 97.1 Å². The van der Waals surface area contributed by atoms with Crippen LogP contribution >= 0.6 is 18.5 Å². The van der Waals surface area contributed by atoms with Crippen molar-refractivity contribution in [3.05, 3.63) is 97.1 Å². The molecule has 0 aliphatic carbocycles. The minimum atomic E-state index is 0. The summed E-state index contributed by atoms with van der Waals surface area (Å²) < 4.78 is 0. The van der Waals surface area contributed by atoms with E-state index in [9.17, 15) is 0 Å². The fourth-order valence-corrected chi connectivity index (χ4v) is 3.31. The second-order valence-corrected chi connectivity index (χ2v) is 6.82. The van der Waals surface area contributed by atoms with Gasteiger partial charge in [0, 0.05) is 0 Å². The van der Waals surface area contributed by atoms with Crippen molar-refractivity contribution in [2.45, 2.75) is 0 Å². The summed E-state index contributed by atoms with van der Waals surface area (Å²) in [5, 5.41) is 2.51. The van der Waals surface area contributed by atoms with Crippen LogP contribution in [0.4, 0.5) is 0 Å². The van der Waals surface area contributed by atoms with Gasteiger partial charge in [0.1, 0.15) is 0 Å². The first-order chi connectivity index (χ1) is 11.8. The van der Waals surface area contributed by atoms with E-state index in [2.05, 4.69) is 91.3 Å². The zero-order valence-corrected chi connectivity index (χ0v) is 17.2. The van der Waals surface area contributed by atoms with Gasteiger partial charge >= 0.3 is 17.1 Å². The fraction of sp³-hybridized carbons (Fsp3) is 0. The van der Waals surface area contributed by atoms with Crippen LogP contribution in [-0.4, -0.2) is 0 Å². The van der Waals surface area contributed by atoms with Gasteiger partial charge in [-0.1, -0.05) is 71.8 Å². The number of hydrogen-bond acceptors (Lipinski definition) is 0. The third-order valence-corrected chi connectivity index (χ3v) is 4.69. The quantitative estimate of drug-likeness (QED) is 0.247. The maximum Gasteiger partial charge on any atom is 2.00 e. The molecule has 2 atom stereocenters. The standard InChI is InChI=1S/C17H14P.C5H6P.Fe/c18-16-12-11-15(13-7-3-1-4-8-13)17(16)14-9-5-2-6-10-14;6-5-3-1-2-4-5;/h1-12H,18H2;1-4H,6H2;/q2*-1;+2. The van der Waals surface area contributed by atoms with Gasteiger partial charge in [-0.15, -0.1) is 37.0 Å². The van der Waals surface area contributed by atoms with Gasteiger partial charge in [0.05, 0.1) is 0 Å². The van der Waals surface area contributed by atoms with Gasteiger partial charge in [-0.05, 0) is 0 Å². The van der Waals surface area contributed by atoms with Crippen molar-refractivity contribution >= 4 is 29.1 Å². The molecule has 0 saturated heterocycles. The van der Waals surface area contributed by atoms with Crippen molar-refractivity contribution in [1.29, 1.82) is 0 Å². The van der Waals surface area contributed by atoms with Crippen LogP contribution in [-0.2, 0) is 17.1 Å². The van der Waals surface area contributed by atoms with E-state index >= 15 is 0 Å². The molecular formula is C22H20FeP2. The summed E-state index contributed by atoms with van der Waals surface area (Å²) in [6.45, 7) is 0. The van der Waals surface area contributed by atoms with E-state index in [1.54, 1.807) is 0 Å². The van der Waals surface area contributed by atoms with E-state index in [-0.39, 0.29) is 17.1 Å². The van der Waals surface area contributed by atoms with Gasteiger partial charge in [0.25, 0.3) is 0 Å². The molecule has 4 aromatic carbocycles. The minimum Gasteiger partial charge on any atom is -0.213 e. The van der Waals surface area contributed by atoms with Gasteiger partial charge in [-0.2, -0.15) is 27.4 Å². The second-order valence-electron chi connectivity index (χ2n) is 5.53. The molecule has 0 radical (unpaired) electrons. The molecule has 0 aromatic heterocycles. The Hall–Kier alpha value is -1.48. The van der Waals surface area contributed by atoms with Crippen molar-refractivity contribution in [2.24, 2.45) is 0 Å². The van der Waals surface area contributed by atoms with E-state index in [4.69, 9.17) is 0 Å². The van der Waals surface area contributed by atoms with Gasteiger partial charge in [0.15, 0.2) is 0 Å². The summed E-state index contributed by atoms with van der Waals surface area (Å²) in [6.07, 6.45) is 0. The van der Waals surface area contributed by atoms with Crippen LogP contribution in [0.2, 0.25) is 0 Å². The topological polar surface area (TPSA) is 0 Å². The second kappa shape index (κ2) is 9.86. The van der Waals surface area contributed by atoms with Crippen LogP contribution in [0, 0.1) is 0 Å². The zero-order valence-electron chi connectivity index (χ0n) is 13.7. The van der Waals surface area contributed by atoms with Crippen LogP contribution in [0.5, 0.6) is 0 Å². The Morgan fingerprint density at radius 3 is 1.80 bits per heavy atom. The molecule has 25 heavy (non-hydrogen) atoms. The minimum absolute atomic E-state index is 0. The monoisotopic (exact) mass is 402 g/mol. The summed E-state index contributed by atoms with van der Waals surface area (Å²) in [7, 11) is 5.45. The Morgan fingerprint density at radius 2 is 1.32 bits per heavy atom. The maximum absolute atomic E-state index is 2.83. The molecule has 2 unspecified atom stereocenters.